The number of fused-ring (bicyclic) bond motifs is 1. The van der Waals surface area contributed by atoms with Crippen molar-refractivity contribution in [1.29, 1.82) is 0 Å². The minimum absolute atomic E-state index is 0.0626. The van der Waals surface area contributed by atoms with Crippen molar-refractivity contribution < 1.29 is 14.6 Å². The van der Waals surface area contributed by atoms with Crippen LogP contribution in [-0.2, 0) is 0 Å². The fourth-order valence-corrected chi connectivity index (χ4v) is 4.01. The Morgan fingerprint density at radius 2 is 2.04 bits per heavy atom. The molecule has 1 aromatic heterocycles. The second kappa shape index (κ2) is 6.90. The van der Waals surface area contributed by atoms with Crippen molar-refractivity contribution in [2.24, 2.45) is 11.8 Å². The van der Waals surface area contributed by atoms with Crippen LogP contribution in [0.2, 0.25) is 0 Å². The van der Waals surface area contributed by atoms with E-state index in [9.17, 15) is 9.90 Å². The van der Waals surface area contributed by atoms with Crippen molar-refractivity contribution >= 4 is 22.6 Å². The Morgan fingerprint density at radius 1 is 1.32 bits per heavy atom. The van der Waals surface area contributed by atoms with E-state index in [1.807, 2.05) is 18.2 Å². The number of nitrogens with two attached hydrogens (primary N) is 1. The predicted octanol–water partition coefficient (Wildman–Crippen LogP) is 4.42. The molecule has 5 nitrogen and oxygen atoms in total. The maximum Gasteiger partial charge on any atom is 0.339 e. The number of pyridine rings is 1. The van der Waals surface area contributed by atoms with Gasteiger partial charge in [0.15, 0.2) is 0 Å². The summed E-state index contributed by atoms with van der Waals surface area (Å²) in [5, 5.41) is 10.1. The van der Waals surface area contributed by atoms with Gasteiger partial charge in [0.05, 0.1) is 22.3 Å². The lowest BCUT2D eigenvalue weighted by Crippen LogP contribution is -2.33. The number of nitrogen functional groups attached to an aromatic ring is 1. The van der Waals surface area contributed by atoms with Crippen LogP contribution < -0.4 is 10.5 Å². The molecule has 2 atom stereocenters. The van der Waals surface area contributed by atoms with Gasteiger partial charge in [-0.05, 0) is 50.2 Å². The molecule has 0 spiro atoms. The molecule has 5 heteroatoms. The number of benzene rings is 1. The molecule has 0 aliphatic heterocycles. The fraction of sp³-hybridized carbons (Fsp3) is 0.500. The van der Waals surface area contributed by atoms with Crippen LogP contribution in [0, 0.1) is 18.8 Å². The van der Waals surface area contributed by atoms with Crippen molar-refractivity contribution in [3.63, 3.8) is 0 Å². The number of hydrogen-bond acceptors (Lipinski definition) is 4. The molecular formula is C20H26N2O3. The van der Waals surface area contributed by atoms with Gasteiger partial charge in [-0.1, -0.05) is 26.3 Å². The molecule has 2 aromatic rings. The molecule has 0 amide bonds. The van der Waals surface area contributed by atoms with E-state index in [0.29, 0.717) is 34.2 Å². The third-order valence-corrected chi connectivity index (χ3v) is 5.30. The van der Waals surface area contributed by atoms with Gasteiger partial charge >= 0.3 is 5.97 Å². The van der Waals surface area contributed by atoms with Crippen molar-refractivity contribution in [3.8, 4) is 5.75 Å². The summed E-state index contributed by atoms with van der Waals surface area (Å²) >= 11 is 0. The van der Waals surface area contributed by atoms with Crippen LogP contribution in [0.4, 0.5) is 5.69 Å². The zero-order chi connectivity index (χ0) is 18.1. The first-order valence-corrected chi connectivity index (χ1v) is 8.99. The monoisotopic (exact) mass is 342 g/mol. The highest BCUT2D eigenvalue weighted by molar-refractivity contribution is 6.06. The summed E-state index contributed by atoms with van der Waals surface area (Å²) in [4.78, 5) is 16.0. The Labute approximate surface area is 148 Å². The SMILES string of the molecule is Cc1nc2cccc(O[C@@H]3CCCCC3C(C)C)c2c(N)c1C(=O)O. The van der Waals surface area contributed by atoms with Gasteiger partial charge in [-0.2, -0.15) is 0 Å². The Bertz CT molecular complexity index is 801. The Balaban J connectivity index is 2.07. The molecule has 134 valence electrons. The summed E-state index contributed by atoms with van der Waals surface area (Å²) in [6.45, 7) is 6.14. The van der Waals surface area contributed by atoms with E-state index in [4.69, 9.17) is 10.5 Å². The Kier molecular flexibility index (Phi) is 4.84. The van der Waals surface area contributed by atoms with E-state index in [-0.39, 0.29) is 17.4 Å². The lowest BCUT2D eigenvalue weighted by atomic mass is 9.79. The molecule has 0 saturated heterocycles. The van der Waals surface area contributed by atoms with E-state index < -0.39 is 5.97 Å². The molecule has 3 N–H and O–H groups in total. The second-order valence-corrected chi connectivity index (χ2v) is 7.29. The predicted molar refractivity (Wildman–Crippen MR) is 99.1 cm³/mol. The molecule has 1 fully saturated rings. The molecular weight excluding hydrogens is 316 g/mol. The third-order valence-electron chi connectivity index (χ3n) is 5.30. The van der Waals surface area contributed by atoms with Crippen molar-refractivity contribution in [1.82, 2.24) is 4.98 Å². The van der Waals surface area contributed by atoms with Gasteiger partial charge in [0.1, 0.15) is 17.4 Å². The average molecular weight is 342 g/mol. The number of anilines is 1. The van der Waals surface area contributed by atoms with Crippen LogP contribution in [0.15, 0.2) is 18.2 Å². The summed E-state index contributed by atoms with van der Waals surface area (Å²) in [5.41, 5.74) is 7.62. The average Bonchev–Trinajstić information content (AvgIpc) is 2.54. The summed E-state index contributed by atoms with van der Waals surface area (Å²) in [6, 6.07) is 5.60. The van der Waals surface area contributed by atoms with Crippen molar-refractivity contribution in [3.05, 3.63) is 29.5 Å². The van der Waals surface area contributed by atoms with Crippen LogP contribution in [0.3, 0.4) is 0 Å². The number of carbonyl (C=O) groups is 1. The van der Waals surface area contributed by atoms with Gasteiger partial charge in [-0.3, -0.25) is 4.98 Å². The van der Waals surface area contributed by atoms with Crippen LogP contribution >= 0.6 is 0 Å². The van der Waals surface area contributed by atoms with Gasteiger partial charge in [0.25, 0.3) is 0 Å². The molecule has 1 heterocycles. The number of aromatic carboxylic acids is 1. The topological polar surface area (TPSA) is 85.4 Å². The molecule has 1 unspecified atom stereocenters. The van der Waals surface area contributed by atoms with Gasteiger partial charge in [0, 0.05) is 0 Å². The van der Waals surface area contributed by atoms with Gasteiger partial charge in [-0.15, -0.1) is 0 Å². The summed E-state index contributed by atoms with van der Waals surface area (Å²) in [7, 11) is 0. The first-order chi connectivity index (χ1) is 11.9. The molecule has 1 saturated carbocycles. The normalized spacial score (nSPS) is 20.8. The van der Waals surface area contributed by atoms with E-state index in [1.165, 1.54) is 12.8 Å². The summed E-state index contributed by atoms with van der Waals surface area (Å²) in [6.07, 6.45) is 4.72. The van der Waals surface area contributed by atoms with E-state index >= 15 is 0 Å². The fourth-order valence-electron chi connectivity index (χ4n) is 4.01. The van der Waals surface area contributed by atoms with E-state index in [2.05, 4.69) is 18.8 Å². The molecule has 25 heavy (non-hydrogen) atoms. The highest BCUT2D eigenvalue weighted by atomic mass is 16.5. The van der Waals surface area contributed by atoms with Crippen LogP contribution in [0.1, 0.15) is 55.6 Å². The number of hydrogen-bond donors (Lipinski definition) is 2. The minimum Gasteiger partial charge on any atom is -0.489 e. The van der Waals surface area contributed by atoms with E-state index in [1.54, 1.807) is 6.92 Å². The first kappa shape index (κ1) is 17.5. The largest absolute Gasteiger partial charge is 0.489 e. The van der Waals surface area contributed by atoms with Crippen molar-refractivity contribution in [2.75, 3.05) is 5.73 Å². The summed E-state index contributed by atoms with van der Waals surface area (Å²) in [5.74, 6) is 0.634. The number of aryl methyl sites for hydroxylation is 1. The molecule has 0 bridgehead atoms. The molecule has 1 aliphatic carbocycles. The lowest BCUT2D eigenvalue weighted by molar-refractivity contribution is 0.0676. The molecule has 3 rings (SSSR count). The number of ether oxygens (including phenoxy) is 1. The number of carboxylic acids is 1. The lowest BCUT2D eigenvalue weighted by Gasteiger charge is -2.34. The maximum atomic E-state index is 11.6. The van der Waals surface area contributed by atoms with Crippen molar-refractivity contribution in [2.45, 2.75) is 52.6 Å². The first-order valence-electron chi connectivity index (χ1n) is 8.99. The smallest absolute Gasteiger partial charge is 0.339 e. The van der Waals surface area contributed by atoms with Gasteiger partial charge < -0.3 is 15.6 Å². The Hall–Kier alpha value is -2.30. The number of aromatic nitrogens is 1. The zero-order valence-corrected chi connectivity index (χ0v) is 15.1. The van der Waals surface area contributed by atoms with Gasteiger partial charge in [-0.25, -0.2) is 4.79 Å². The van der Waals surface area contributed by atoms with Crippen LogP contribution in [0.5, 0.6) is 5.75 Å². The quantitative estimate of drug-likeness (QED) is 0.859. The van der Waals surface area contributed by atoms with E-state index in [0.717, 1.165) is 12.8 Å². The number of nitrogens with zero attached hydrogens (tertiary/aromatic N) is 1. The maximum absolute atomic E-state index is 11.6. The number of rotatable bonds is 4. The molecule has 1 aliphatic rings. The highest BCUT2D eigenvalue weighted by Gasteiger charge is 2.30. The third kappa shape index (κ3) is 3.28. The van der Waals surface area contributed by atoms with Crippen LogP contribution in [-0.4, -0.2) is 22.2 Å². The standard InChI is InChI=1S/C20H26N2O3/c1-11(2)13-7-4-5-9-15(13)25-16-10-6-8-14-18(16)19(21)17(20(23)24)12(3)22-14/h6,8,10-11,13,15H,4-5,7,9H2,1-3H3,(H2,21,22)(H,23,24)/t13?,15-/m1/s1. The van der Waals surface area contributed by atoms with Crippen LogP contribution in [0.25, 0.3) is 10.9 Å². The Morgan fingerprint density at radius 3 is 2.72 bits per heavy atom. The minimum atomic E-state index is -1.06. The highest BCUT2D eigenvalue weighted by Crippen LogP contribution is 2.38. The van der Waals surface area contributed by atoms with Gasteiger partial charge in [0.2, 0.25) is 0 Å². The zero-order valence-electron chi connectivity index (χ0n) is 15.1. The summed E-state index contributed by atoms with van der Waals surface area (Å²) < 4.78 is 6.39. The molecule has 1 aromatic carbocycles. The molecule has 0 radical (unpaired) electrons. The second-order valence-electron chi connectivity index (χ2n) is 7.29. The number of carboxylic acid groups (broad SMARTS) is 1.